The zero-order valence-electron chi connectivity index (χ0n) is 9.24. The van der Waals surface area contributed by atoms with Gasteiger partial charge in [-0.05, 0) is 30.5 Å². The minimum atomic E-state index is -0.655. The van der Waals surface area contributed by atoms with Crippen molar-refractivity contribution in [3.63, 3.8) is 0 Å². The molecule has 1 aliphatic carbocycles. The third kappa shape index (κ3) is 2.48. The quantitative estimate of drug-likeness (QED) is 0.903. The van der Waals surface area contributed by atoms with E-state index in [4.69, 9.17) is 4.74 Å². The molecule has 0 bridgehead atoms. The van der Waals surface area contributed by atoms with Crippen LogP contribution in [0.1, 0.15) is 29.5 Å². The summed E-state index contributed by atoms with van der Waals surface area (Å²) in [5.41, 5.74) is 0.832. The second-order valence-electron chi connectivity index (χ2n) is 4.16. The van der Waals surface area contributed by atoms with Crippen molar-refractivity contribution >= 4 is 11.3 Å². The van der Waals surface area contributed by atoms with E-state index >= 15 is 0 Å². The molecule has 2 aromatic rings. The van der Waals surface area contributed by atoms with Crippen molar-refractivity contribution in [3.05, 3.63) is 46.4 Å². The topological polar surface area (TPSA) is 42.4 Å². The fraction of sp³-hybridized carbons (Fsp3) is 0.308. The highest BCUT2D eigenvalue weighted by Gasteiger charge is 2.23. The van der Waals surface area contributed by atoms with Crippen LogP contribution in [0.3, 0.4) is 0 Å². The molecule has 3 nitrogen and oxygen atoms in total. The van der Waals surface area contributed by atoms with E-state index in [0.29, 0.717) is 11.1 Å². The van der Waals surface area contributed by atoms with E-state index in [1.165, 1.54) is 11.3 Å². The van der Waals surface area contributed by atoms with E-state index in [0.717, 1.165) is 24.2 Å². The third-order valence-corrected chi connectivity index (χ3v) is 3.51. The molecule has 1 aliphatic rings. The average Bonchev–Trinajstić information content (AvgIpc) is 2.99. The maximum absolute atomic E-state index is 10.1. The zero-order chi connectivity index (χ0) is 11.7. The first-order chi connectivity index (χ1) is 8.33. The van der Waals surface area contributed by atoms with Crippen LogP contribution in [0.4, 0.5) is 0 Å². The molecule has 1 fully saturated rings. The lowest BCUT2D eigenvalue weighted by molar-refractivity contribution is 0.218. The molecule has 1 heterocycles. The average molecular weight is 247 g/mol. The smallest absolute Gasteiger partial charge is 0.131 e. The van der Waals surface area contributed by atoms with E-state index in [9.17, 15) is 5.11 Å². The van der Waals surface area contributed by atoms with Gasteiger partial charge in [-0.2, -0.15) is 0 Å². The molecule has 1 aromatic heterocycles. The fourth-order valence-electron chi connectivity index (χ4n) is 1.65. The van der Waals surface area contributed by atoms with Crippen LogP contribution in [0.5, 0.6) is 5.75 Å². The van der Waals surface area contributed by atoms with Gasteiger partial charge in [0.05, 0.1) is 6.10 Å². The van der Waals surface area contributed by atoms with Gasteiger partial charge in [-0.25, -0.2) is 4.98 Å². The lowest BCUT2D eigenvalue weighted by Gasteiger charge is -2.10. The molecular weight excluding hydrogens is 234 g/mol. The second-order valence-corrected chi connectivity index (χ2v) is 5.09. The van der Waals surface area contributed by atoms with E-state index in [-0.39, 0.29) is 0 Å². The molecule has 1 atom stereocenters. The van der Waals surface area contributed by atoms with Crippen LogP contribution in [0.15, 0.2) is 35.8 Å². The number of aliphatic hydroxyl groups is 1. The SMILES string of the molecule is OC(c1cccc(OC2CC2)c1)c1nccs1. The van der Waals surface area contributed by atoms with E-state index in [2.05, 4.69) is 4.98 Å². The van der Waals surface area contributed by atoms with Crippen LogP contribution in [0, 0.1) is 0 Å². The normalized spacial score (nSPS) is 16.8. The Morgan fingerprint density at radius 1 is 1.41 bits per heavy atom. The van der Waals surface area contributed by atoms with Crippen molar-refractivity contribution in [2.75, 3.05) is 0 Å². The Balaban J connectivity index is 1.81. The summed E-state index contributed by atoms with van der Waals surface area (Å²) in [7, 11) is 0. The lowest BCUT2D eigenvalue weighted by atomic mass is 10.1. The van der Waals surface area contributed by atoms with Gasteiger partial charge < -0.3 is 9.84 Å². The van der Waals surface area contributed by atoms with Gasteiger partial charge in [-0.15, -0.1) is 11.3 Å². The van der Waals surface area contributed by atoms with Crippen LogP contribution in [-0.4, -0.2) is 16.2 Å². The van der Waals surface area contributed by atoms with Crippen molar-refractivity contribution in [1.82, 2.24) is 4.98 Å². The van der Waals surface area contributed by atoms with Crippen LogP contribution < -0.4 is 4.74 Å². The first kappa shape index (κ1) is 10.7. The van der Waals surface area contributed by atoms with Gasteiger partial charge in [0.15, 0.2) is 0 Å². The number of benzene rings is 1. The summed E-state index contributed by atoms with van der Waals surface area (Å²) in [6.45, 7) is 0. The first-order valence-corrected chi connectivity index (χ1v) is 6.55. The molecule has 1 saturated carbocycles. The summed E-state index contributed by atoms with van der Waals surface area (Å²) >= 11 is 1.46. The molecule has 17 heavy (non-hydrogen) atoms. The van der Waals surface area contributed by atoms with Crippen molar-refractivity contribution in [1.29, 1.82) is 0 Å². The van der Waals surface area contributed by atoms with Crippen LogP contribution in [0.2, 0.25) is 0 Å². The molecule has 1 N–H and O–H groups in total. The van der Waals surface area contributed by atoms with E-state index in [1.54, 1.807) is 6.20 Å². The number of hydrogen-bond donors (Lipinski definition) is 1. The van der Waals surface area contributed by atoms with Gasteiger partial charge in [0.25, 0.3) is 0 Å². The number of ether oxygens (including phenoxy) is 1. The molecule has 3 rings (SSSR count). The Morgan fingerprint density at radius 3 is 3.00 bits per heavy atom. The highest BCUT2D eigenvalue weighted by atomic mass is 32.1. The standard InChI is InChI=1S/C13H13NO2S/c15-12(13-14-6-7-17-13)9-2-1-3-11(8-9)16-10-4-5-10/h1-3,6-8,10,12,15H,4-5H2. The minimum absolute atomic E-state index is 0.377. The van der Waals surface area contributed by atoms with Gasteiger partial charge in [-0.1, -0.05) is 12.1 Å². The highest BCUT2D eigenvalue weighted by Crippen LogP contribution is 2.30. The molecule has 0 radical (unpaired) electrons. The number of thiazole rings is 1. The van der Waals surface area contributed by atoms with Crippen LogP contribution in [-0.2, 0) is 0 Å². The summed E-state index contributed by atoms with van der Waals surface area (Å²) in [4.78, 5) is 4.12. The van der Waals surface area contributed by atoms with E-state index < -0.39 is 6.10 Å². The Labute approximate surface area is 104 Å². The summed E-state index contributed by atoms with van der Waals surface area (Å²) in [6.07, 6.45) is 3.70. The van der Waals surface area contributed by atoms with Gasteiger partial charge in [0.2, 0.25) is 0 Å². The molecule has 0 spiro atoms. The summed E-state index contributed by atoms with van der Waals surface area (Å²) in [5, 5.41) is 12.7. The van der Waals surface area contributed by atoms with Crippen molar-refractivity contribution in [2.24, 2.45) is 0 Å². The Morgan fingerprint density at radius 2 is 2.29 bits per heavy atom. The third-order valence-electron chi connectivity index (χ3n) is 2.69. The lowest BCUT2D eigenvalue weighted by Crippen LogP contribution is -2.01. The summed E-state index contributed by atoms with van der Waals surface area (Å²) < 4.78 is 5.71. The predicted molar refractivity (Wildman–Crippen MR) is 66.3 cm³/mol. The summed E-state index contributed by atoms with van der Waals surface area (Å²) in [5.74, 6) is 0.834. The van der Waals surface area contributed by atoms with Crippen LogP contribution >= 0.6 is 11.3 Å². The van der Waals surface area contributed by atoms with Crippen molar-refractivity contribution in [3.8, 4) is 5.75 Å². The fourth-order valence-corrected chi connectivity index (χ4v) is 2.30. The molecule has 88 valence electrons. The largest absolute Gasteiger partial charge is 0.490 e. The van der Waals surface area contributed by atoms with E-state index in [1.807, 2.05) is 29.6 Å². The first-order valence-electron chi connectivity index (χ1n) is 5.67. The van der Waals surface area contributed by atoms with Crippen molar-refractivity contribution < 1.29 is 9.84 Å². The van der Waals surface area contributed by atoms with Gasteiger partial charge >= 0.3 is 0 Å². The van der Waals surface area contributed by atoms with Crippen molar-refractivity contribution in [2.45, 2.75) is 25.0 Å². The molecule has 1 aromatic carbocycles. The minimum Gasteiger partial charge on any atom is -0.490 e. The zero-order valence-corrected chi connectivity index (χ0v) is 10.1. The summed E-state index contributed by atoms with van der Waals surface area (Å²) in [6, 6.07) is 7.62. The molecule has 1 unspecified atom stereocenters. The number of nitrogens with zero attached hydrogens (tertiary/aromatic N) is 1. The number of aromatic nitrogens is 1. The Hall–Kier alpha value is -1.39. The van der Waals surface area contributed by atoms with Gasteiger partial charge in [0, 0.05) is 11.6 Å². The molecule has 0 aliphatic heterocycles. The molecule has 4 heteroatoms. The number of aliphatic hydroxyl groups excluding tert-OH is 1. The molecular formula is C13H13NO2S. The molecule has 0 saturated heterocycles. The monoisotopic (exact) mass is 247 g/mol. The second kappa shape index (κ2) is 4.47. The Bertz CT molecular complexity index is 494. The van der Waals surface area contributed by atoms with Gasteiger partial charge in [-0.3, -0.25) is 0 Å². The Kier molecular flexibility index (Phi) is 2.82. The highest BCUT2D eigenvalue weighted by molar-refractivity contribution is 7.09. The maximum atomic E-state index is 10.1. The number of rotatable bonds is 4. The van der Waals surface area contributed by atoms with Crippen LogP contribution in [0.25, 0.3) is 0 Å². The predicted octanol–water partition coefficient (Wildman–Crippen LogP) is 2.77. The maximum Gasteiger partial charge on any atom is 0.131 e. The van der Waals surface area contributed by atoms with Gasteiger partial charge in [0.1, 0.15) is 16.9 Å². The molecule has 0 amide bonds. The number of hydrogen-bond acceptors (Lipinski definition) is 4.